The van der Waals surface area contributed by atoms with Gasteiger partial charge in [-0.2, -0.15) is 0 Å². The molecule has 1 atom stereocenters. The molecule has 0 aliphatic carbocycles. The van der Waals surface area contributed by atoms with E-state index in [9.17, 15) is 4.39 Å². The van der Waals surface area contributed by atoms with Gasteiger partial charge in [0.1, 0.15) is 11.6 Å². The highest BCUT2D eigenvalue weighted by Crippen LogP contribution is 2.20. The van der Waals surface area contributed by atoms with Crippen molar-refractivity contribution in [1.29, 1.82) is 0 Å². The maximum absolute atomic E-state index is 13.5. The molecular formula is C14H14BrFN2. The van der Waals surface area contributed by atoms with Crippen molar-refractivity contribution in [1.82, 2.24) is 4.98 Å². The van der Waals surface area contributed by atoms with Crippen molar-refractivity contribution in [2.45, 2.75) is 19.9 Å². The average molecular weight is 309 g/mol. The van der Waals surface area contributed by atoms with Crippen LogP contribution >= 0.6 is 15.9 Å². The largest absolute Gasteiger partial charge is 0.364 e. The summed E-state index contributed by atoms with van der Waals surface area (Å²) in [5.41, 5.74) is 1.57. The molecule has 1 heterocycles. The molecule has 4 heteroatoms. The van der Waals surface area contributed by atoms with Crippen molar-refractivity contribution < 1.29 is 4.39 Å². The Hall–Kier alpha value is -1.42. The molecule has 1 aromatic heterocycles. The van der Waals surface area contributed by atoms with E-state index < -0.39 is 0 Å². The third kappa shape index (κ3) is 3.07. The summed E-state index contributed by atoms with van der Waals surface area (Å²) in [5, 5.41) is 3.23. The topological polar surface area (TPSA) is 24.9 Å². The Kier molecular flexibility index (Phi) is 3.97. The molecule has 0 saturated carbocycles. The number of halogens is 2. The molecule has 1 N–H and O–H groups in total. The zero-order chi connectivity index (χ0) is 13.1. The molecule has 0 spiro atoms. The second-order valence-electron chi connectivity index (χ2n) is 4.24. The zero-order valence-corrected chi connectivity index (χ0v) is 11.8. The van der Waals surface area contributed by atoms with Gasteiger partial charge in [-0.1, -0.05) is 12.1 Å². The number of benzene rings is 1. The Labute approximate surface area is 114 Å². The van der Waals surface area contributed by atoms with Crippen molar-refractivity contribution in [2.24, 2.45) is 0 Å². The lowest BCUT2D eigenvalue weighted by Gasteiger charge is -2.15. The SMILES string of the molecule is Cc1ccc(C(C)Nc2ccc(Br)cn2)cc1F. The van der Waals surface area contributed by atoms with E-state index in [1.165, 1.54) is 0 Å². The van der Waals surface area contributed by atoms with E-state index in [0.717, 1.165) is 15.9 Å². The molecule has 2 rings (SSSR count). The Bertz CT molecular complexity index is 540. The van der Waals surface area contributed by atoms with Crippen molar-refractivity contribution in [3.8, 4) is 0 Å². The van der Waals surface area contributed by atoms with Crippen molar-refractivity contribution in [3.05, 3.63) is 57.9 Å². The summed E-state index contributed by atoms with van der Waals surface area (Å²) < 4.78 is 14.4. The average Bonchev–Trinajstić information content (AvgIpc) is 2.35. The highest BCUT2D eigenvalue weighted by Gasteiger charge is 2.08. The van der Waals surface area contributed by atoms with E-state index in [1.807, 2.05) is 25.1 Å². The van der Waals surface area contributed by atoms with Crippen LogP contribution in [0.5, 0.6) is 0 Å². The van der Waals surface area contributed by atoms with E-state index in [1.54, 1.807) is 25.3 Å². The summed E-state index contributed by atoms with van der Waals surface area (Å²) in [6, 6.07) is 9.08. The normalized spacial score (nSPS) is 12.2. The van der Waals surface area contributed by atoms with Crippen LogP contribution in [0.1, 0.15) is 24.1 Å². The summed E-state index contributed by atoms with van der Waals surface area (Å²) in [6.45, 7) is 3.74. The number of aromatic nitrogens is 1. The van der Waals surface area contributed by atoms with Gasteiger partial charge in [-0.15, -0.1) is 0 Å². The maximum atomic E-state index is 13.5. The van der Waals surface area contributed by atoms with Gasteiger partial charge in [0.05, 0.1) is 6.04 Å². The summed E-state index contributed by atoms with van der Waals surface area (Å²) in [6.07, 6.45) is 1.73. The Balaban J connectivity index is 2.13. The van der Waals surface area contributed by atoms with Crippen LogP contribution in [0.25, 0.3) is 0 Å². The lowest BCUT2D eigenvalue weighted by atomic mass is 10.1. The molecule has 18 heavy (non-hydrogen) atoms. The van der Waals surface area contributed by atoms with Crippen LogP contribution in [0.15, 0.2) is 41.0 Å². The zero-order valence-electron chi connectivity index (χ0n) is 10.2. The smallest absolute Gasteiger partial charge is 0.126 e. The number of rotatable bonds is 3. The summed E-state index contributed by atoms with van der Waals surface area (Å²) in [7, 11) is 0. The minimum absolute atomic E-state index is 0.00813. The van der Waals surface area contributed by atoms with Crippen molar-refractivity contribution >= 4 is 21.7 Å². The molecule has 94 valence electrons. The number of hydrogen-bond acceptors (Lipinski definition) is 2. The van der Waals surface area contributed by atoms with Crippen LogP contribution < -0.4 is 5.32 Å². The minimum Gasteiger partial charge on any atom is -0.364 e. The maximum Gasteiger partial charge on any atom is 0.126 e. The molecule has 2 nitrogen and oxygen atoms in total. The monoisotopic (exact) mass is 308 g/mol. The van der Waals surface area contributed by atoms with Crippen LogP contribution in [-0.4, -0.2) is 4.98 Å². The second kappa shape index (κ2) is 5.48. The van der Waals surface area contributed by atoms with Gasteiger partial charge in [0.25, 0.3) is 0 Å². The fraction of sp³-hybridized carbons (Fsp3) is 0.214. The fourth-order valence-corrected chi connectivity index (χ4v) is 1.88. The molecule has 0 radical (unpaired) electrons. The number of nitrogens with one attached hydrogen (secondary N) is 1. The van der Waals surface area contributed by atoms with Crippen LogP contribution in [0.4, 0.5) is 10.2 Å². The van der Waals surface area contributed by atoms with E-state index in [2.05, 4.69) is 26.2 Å². The standard InChI is InChI=1S/C14H14BrFN2/c1-9-3-4-11(7-13(9)16)10(2)18-14-6-5-12(15)8-17-14/h3-8,10H,1-2H3,(H,17,18). The number of pyridine rings is 1. The van der Waals surface area contributed by atoms with Gasteiger partial charge < -0.3 is 5.32 Å². The van der Waals surface area contributed by atoms with Gasteiger partial charge in [0, 0.05) is 10.7 Å². The Morgan fingerprint density at radius 3 is 2.67 bits per heavy atom. The Morgan fingerprint density at radius 1 is 1.28 bits per heavy atom. The summed E-state index contributed by atoms with van der Waals surface area (Å²) >= 11 is 3.33. The Morgan fingerprint density at radius 2 is 2.06 bits per heavy atom. The van der Waals surface area contributed by atoms with Gasteiger partial charge in [-0.05, 0) is 59.1 Å². The molecule has 1 aromatic carbocycles. The first-order chi connectivity index (χ1) is 8.56. The van der Waals surface area contributed by atoms with Crippen LogP contribution in [0.3, 0.4) is 0 Å². The third-order valence-electron chi connectivity index (χ3n) is 2.79. The highest BCUT2D eigenvalue weighted by atomic mass is 79.9. The van der Waals surface area contributed by atoms with E-state index in [4.69, 9.17) is 0 Å². The van der Waals surface area contributed by atoms with E-state index >= 15 is 0 Å². The molecule has 1 unspecified atom stereocenters. The van der Waals surface area contributed by atoms with Gasteiger partial charge in [0.2, 0.25) is 0 Å². The minimum atomic E-state index is -0.176. The van der Waals surface area contributed by atoms with Crippen LogP contribution in [-0.2, 0) is 0 Å². The highest BCUT2D eigenvalue weighted by molar-refractivity contribution is 9.10. The van der Waals surface area contributed by atoms with Crippen molar-refractivity contribution in [3.63, 3.8) is 0 Å². The third-order valence-corrected chi connectivity index (χ3v) is 3.26. The number of aryl methyl sites for hydroxylation is 1. The molecular weight excluding hydrogens is 295 g/mol. The molecule has 0 amide bonds. The van der Waals surface area contributed by atoms with Gasteiger partial charge in [0.15, 0.2) is 0 Å². The van der Waals surface area contributed by atoms with Gasteiger partial charge >= 0.3 is 0 Å². The molecule has 0 aliphatic rings. The van der Waals surface area contributed by atoms with Gasteiger partial charge in [-0.3, -0.25) is 0 Å². The van der Waals surface area contributed by atoms with Crippen LogP contribution in [0, 0.1) is 12.7 Å². The van der Waals surface area contributed by atoms with Gasteiger partial charge in [-0.25, -0.2) is 9.37 Å². The lowest BCUT2D eigenvalue weighted by molar-refractivity contribution is 0.614. The number of anilines is 1. The first kappa shape index (κ1) is 13.0. The summed E-state index contributed by atoms with van der Waals surface area (Å²) in [4.78, 5) is 4.23. The number of nitrogens with zero attached hydrogens (tertiary/aromatic N) is 1. The van der Waals surface area contributed by atoms with E-state index in [-0.39, 0.29) is 11.9 Å². The lowest BCUT2D eigenvalue weighted by Crippen LogP contribution is -2.08. The molecule has 0 fully saturated rings. The van der Waals surface area contributed by atoms with Crippen LogP contribution in [0.2, 0.25) is 0 Å². The first-order valence-electron chi connectivity index (χ1n) is 5.70. The quantitative estimate of drug-likeness (QED) is 0.905. The molecule has 0 saturated heterocycles. The van der Waals surface area contributed by atoms with Crippen molar-refractivity contribution in [2.75, 3.05) is 5.32 Å². The van der Waals surface area contributed by atoms with E-state index in [0.29, 0.717) is 5.56 Å². The predicted octanol–water partition coefficient (Wildman–Crippen LogP) is 4.46. The molecule has 0 aliphatic heterocycles. The summed E-state index contributed by atoms with van der Waals surface area (Å²) in [5.74, 6) is 0.594. The first-order valence-corrected chi connectivity index (χ1v) is 6.49. The molecule has 2 aromatic rings. The predicted molar refractivity (Wildman–Crippen MR) is 75.1 cm³/mol. The molecule has 0 bridgehead atoms. The second-order valence-corrected chi connectivity index (χ2v) is 5.15. The fourth-order valence-electron chi connectivity index (χ4n) is 1.64. The number of hydrogen-bond donors (Lipinski definition) is 1.